The smallest absolute Gasteiger partial charge is 0.225 e. The molecule has 1 amide bonds. The van der Waals surface area contributed by atoms with Crippen LogP contribution in [0.25, 0.3) is 0 Å². The number of amides is 1. The van der Waals surface area contributed by atoms with Gasteiger partial charge in [-0.3, -0.25) is 4.79 Å². The average molecular weight is 320 g/mol. The highest BCUT2D eigenvalue weighted by atomic mass is 35.5. The number of hydrogen-bond acceptors (Lipinski definition) is 3. The second kappa shape index (κ2) is 7.62. The van der Waals surface area contributed by atoms with Gasteiger partial charge in [0.05, 0.1) is 22.7 Å². The molecule has 1 fully saturated rings. The van der Waals surface area contributed by atoms with Gasteiger partial charge in [0, 0.05) is 19.5 Å². The van der Waals surface area contributed by atoms with Crippen molar-refractivity contribution < 1.29 is 4.79 Å². The Bertz CT molecular complexity index is 571. The Labute approximate surface area is 137 Å². The van der Waals surface area contributed by atoms with E-state index in [9.17, 15) is 4.79 Å². The Kier molecular flexibility index (Phi) is 5.82. The molecule has 0 unspecified atom stereocenters. The summed E-state index contributed by atoms with van der Waals surface area (Å²) in [7, 11) is 0. The fraction of sp³-hybridized carbons (Fsp3) is 0.529. The molecule has 0 aliphatic carbocycles. The SMILES string of the molecule is Cc1cc(C)c(NC(=O)CCN2CCC[C@H](C#N)C2)c(Cl)c1. The molecule has 5 heteroatoms. The van der Waals surface area contributed by atoms with Crippen molar-refractivity contribution in [3.63, 3.8) is 0 Å². The Morgan fingerprint density at radius 3 is 2.95 bits per heavy atom. The summed E-state index contributed by atoms with van der Waals surface area (Å²) in [6, 6.07) is 6.18. The number of halogens is 1. The van der Waals surface area contributed by atoms with Gasteiger partial charge in [-0.1, -0.05) is 17.7 Å². The van der Waals surface area contributed by atoms with E-state index in [1.807, 2.05) is 26.0 Å². The minimum atomic E-state index is -0.0343. The third kappa shape index (κ3) is 4.46. The van der Waals surface area contributed by atoms with Gasteiger partial charge in [-0.05, 0) is 50.4 Å². The third-order valence-corrected chi connectivity index (χ3v) is 4.34. The molecule has 1 saturated heterocycles. The molecule has 4 nitrogen and oxygen atoms in total. The molecule has 0 radical (unpaired) electrons. The number of rotatable bonds is 4. The van der Waals surface area contributed by atoms with Gasteiger partial charge < -0.3 is 10.2 Å². The summed E-state index contributed by atoms with van der Waals surface area (Å²) < 4.78 is 0. The van der Waals surface area contributed by atoms with Crippen molar-refractivity contribution in [3.8, 4) is 6.07 Å². The molecule has 0 bridgehead atoms. The number of nitriles is 1. The Morgan fingerprint density at radius 1 is 1.50 bits per heavy atom. The number of hydrogen-bond donors (Lipinski definition) is 1. The standard InChI is InChI=1S/C17H22ClN3O/c1-12-8-13(2)17(15(18)9-12)20-16(22)5-7-21-6-3-4-14(10-19)11-21/h8-9,14H,3-7,11H2,1-2H3,(H,20,22)/t14-/m1/s1. The molecular weight excluding hydrogens is 298 g/mol. The van der Waals surface area contributed by atoms with Crippen LogP contribution in [0.15, 0.2) is 12.1 Å². The monoisotopic (exact) mass is 319 g/mol. The fourth-order valence-electron chi connectivity index (χ4n) is 2.90. The van der Waals surface area contributed by atoms with Gasteiger partial charge in [0.2, 0.25) is 5.91 Å². The number of likely N-dealkylation sites (tertiary alicyclic amines) is 1. The van der Waals surface area contributed by atoms with Gasteiger partial charge in [0.15, 0.2) is 0 Å². The first-order valence-corrected chi connectivity index (χ1v) is 8.06. The summed E-state index contributed by atoms with van der Waals surface area (Å²) in [6.07, 6.45) is 2.42. The number of carbonyl (C=O) groups is 1. The van der Waals surface area contributed by atoms with Crippen LogP contribution >= 0.6 is 11.6 Å². The van der Waals surface area contributed by atoms with Gasteiger partial charge in [0.1, 0.15) is 0 Å². The van der Waals surface area contributed by atoms with Crippen LogP contribution in [0.2, 0.25) is 5.02 Å². The highest BCUT2D eigenvalue weighted by molar-refractivity contribution is 6.34. The number of nitrogens with one attached hydrogen (secondary N) is 1. The third-order valence-electron chi connectivity index (χ3n) is 4.04. The zero-order valence-electron chi connectivity index (χ0n) is 13.2. The first kappa shape index (κ1) is 16.8. The molecule has 1 aromatic rings. The molecular formula is C17H22ClN3O. The van der Waals surface area contributed by atoms with Crippen LogP contribution in [-0.4, -0.2) is 30.4 Å². The molecule has 1 heterocycles. The highest BCUT2D eigenvalue weighted by Gasteiger charge is 2.20. The normalized spacial score (nSPS) is 18.7. The summed E-state index contributed by atoms with van der Waals surface area (Å²) in [5.41, 5.74) is 2.75. The van der Waals surface area contributed by atoms with Crippen molar-refractivity contribution >= 4 is 23.2 Å². The van der Waals surface area contributed by atoms with E-state index in [2.05, 4.69) is 16.3 Å². The maximum absolute atomic E-state index is 12.1. The van der Waals surface area contributed by atoms with Gasteiger partial charge in [0.25, 0.3) is 0 Å². The molecule has 1 atom stereocenters. The highest BCUT2D eigenvalue weighted by Crippen LogP contribution is 2.27. The second-order valence-electron chi connectivity index (χ2n) is 6.01. The van der Waals surface area contributed by atoms with Crippen LogP contribution in [-0.2, 0) is 4.79 Å². The van der Waals surface area contributed by atoms with Crippen LogP contribution in [0.1, 0.15) is 30.4 Å². The fourth-order valence-corrected chi connectivity index (χ4v) is 3.27. The van der Waals surface area contributed by atoms with E-state index in [0.29, 0.717) is 23.7 Å². The first-order valence-electron chi connectivity index (χ1n) is 7.68. The molecule has 1 aliphatic heterocycles. The largest absolute Gasteiger partial charge is 0.325 e. The minimum absolute atomic E-state index is 0.0343. The van der Waals surface area contributed by atoms with Crippen molar-refractivity contribution in [3.05, 3.63) is 28.3 Å². The Morgan fingerprint density at radius 2 is 2.27 bits per heavy atom. The molecule has 0 spiro atoms. The predicted molar refractivity (Wildman–Crippen MR) is 88.9 cm³/mol. The van der Waals surface area contributed by atoms with E-state index in [1.54, 1.807) is 0 Å². The molecule has 0 saturated carbocycles. The number of anilines is 1. The van der Waals surface area contributed by atoms with Crippen molar-refractivity contribution in [2.45, 2.75) is 33.1 Å². The average Bonchev–Trinajstić information content (AvgIpc) is 2.49. The first-order chi connectivity index (χ1) is 10.5. The Hall–Kier alpha value is -1.57. The topological polar surface area (TPSA) is 56.1 Å². The number of piperidine rings is 1. The number of nitrogens with zero attached hydrogens (tertiary/aromatic N) is 2. The lowest BCUT2D eigenvalue weighted by Gasteiger charge is -2.29. The van der Waals surface area contributed by atoms with E-state index in [4.69, 9.17) is 16.9 Å². The Balaban J connectivity index is 1.87. The molecule has 1 N–H and O–H groups in total. The lowest BCUT2D eigenvalue weighted by Crippen LogP contribution is -2.36. The van der Waals surface area contributed by atoms with Crippen LogP contribution < -0.4 is 5.32 Å². The molecule has 0 aromatic heterocycles. The maximum atomic E-state index is 12.1. The van der Waals surface area contributed by atoms with Crippen molar-refractivity contribution in [1.82, 2.24) is 4.90 Å². The predicted octanol–water partition coefficient (Wildman–Crippen LogP) is 3.52. The quantitative estimate of drug-likeness (QED) is 0.923. The van der Waals surface area contributed by atoms with Crippen molar-refractivity contribution in [2.24, 2.45) is 5.92 Å². The number of benzene rings is 1. The molecule has 1 aromatic carbocycles. The van der Waals surface area contributed by atoms with E-state index >= 15 is 0 Å². The molecule has 118 valence electrons. The zero-order chi connectivity index (χ0) is 16.1. The van der Waals surface area contributed by atoms with Crippen LogP contribution in [0.5, 0.6) is 0 Å². The van der Waals surface area contributed by atoms with E-state index in [-0.39, 0.29) is 11.8 Å². The minimum Gasteiger partial charge on any atom is -0.325 e. The maximum Gasteiger partial charge on any atom is 0.225 e. The van der Waals surface area contributed by atoms with Crippen molar-refractivity contribution in [2.75, 3.05) is 25.0 Å². The van der Waals surface area contributed by atoms with Crippen LogP contribution in [0.3, 0.4) is 0 Å². The number of carbonyl (C=O) groups excluding carboxylic acids is 1. The molecule has 2 rings (SSSR count). The summed E-state index contributed by atoms with van der Waals surface area (Å²) in [5.74, 6) is 0.0681. The van der Waals surface area contributed by atoms with Gasteiger partial charge >= 0.3 is 0 Å². The van der Waals surface area contributed by atoms with Gasteiger partial charge in [-0.2, -0.15) is 5.26 Å². The summed E-state index contributed by atoms with van der Waals surface area (Å²) in [6.45, 7) is 6.35. The summed E-state index contributed by atoms with van der Waals surface area (Å²) in [4.78, 5) is 14.3. The van der Waals surface area contributed by atoms with Crippen molar-refractivity contribution in [1.29, 1.82) is 5.26 Å². The molecule has 22 heavy (non-hydrogen) atoms. The molecule has 1 aliphatic rings. The lowest BCUT2D eigenvalue weighted by molar-refractivity contribution is -0.116. The van der Waals surface area contributed by atoms with Gasteiger partial charge in [-0.15, -0.1) is 0 Å². The van der Waals surface area contributed by atoms with E-state index in [1.165, 1.54) is 0 Å². The van der Waals surface area contributed by atoms with Crippen LogP contribution in [0, 0.1) is 31.1 Å². The zero-order valence-corrected chi connectivity index (χ0v) is 13.9. The van der Waals surface area contributed by atoms with E-state index in [0.717, 1.165) is 37.1 Å². The lowest BCUT2D eigenvalue weighted by atomic mass is 10.00. The summed E-state index contributed by atoms with van der Waals surface area (Å²) in [5, 5.41) is 12.5. The summed E-state index contributed by atoms with van der Waals surface area (Å²) >= 11 is 6.20. The second-order valence-corrected chi connectivity index (χ2v) is 6.41. The van der Waals surface area contributed by atoms with Gasteiger partial charge in [-0.25, -0.2) is 0 Å². The van der Waals surface area contributed by atoms with E-state index < -0.39 is 0 Å². The number of aryl methyl sites for hydroxylation is 2. The van der Waals surface area contributed by atoms with Crippen LogP contribution in [0.4, 0.5) is 5.69 Å².